The van der Waals surface area contributed by atoms with E-state index in [1.807, 2.05) is 0 Å². The second-order valence-corrected chi connectivity index (χ2v) is 3.60. The van der Waals surface area contributed by atoms with E-state index in [0.29, 0.717) is 11.7 Å². The molecule has 6 heteroatoms. The Labute approximate surface area is 100 Å². The first-order chi connectivity index (χ1) is 7.72. The van der Waals surface area contributed by atoms with E-state index in [1.165, 1.54) is 6.20 Å². The molecular formula is C10H16N4OS. The molecule has 5 nitrogen and oxygen atoms in total. The first kappa shape index (κ1) is 12.7. The number of nitrogens with one attached hydrogen (secondary N) is 3. The summed E-state index contributed by atoms with van der Waals surface area (Å²) in [5, 5.41) is 18.7. The minimum absolute atomic E-state index is 0.185. The molecule has 0 fully saturated rings. The van der Waals surface area contributed by atoms with E-state index >= 15 is 0 Å². The average molecular weight is 240 g/mol. The lowest BCUT2D eigenvalue weighted by atomic mass is 10.3. The summed E-state index contributed by atoms with van der Waals surface area (Å²) in [6.07, 6.45) is 1.44. The van der Waals surface area contributed by atoms with Crippen LogP contribution in [0.15, 0.2) is 18.3 Å². The fourth-order valence-corrected chi connectivity index (χ4v) is 1.19. The van der Waals surface area contributed by atoms with Crippen LogP contribution < -0.4 is 16.0 Å². The van der Waals surface area contributed by atoms with Crippen LogP contribution in [0.2, 0.25) is 0 Å². The molecule has 88 valence electrons. The molecule has 0 bridgehead atoms. The zero-order valence-electron chi connectivity index (χ0n) is 9.16. The van der Waals surface area contributed by atoms with Gasteiger partial charge in [0, 0.05) is 26.7 Å². The van der Waals surface area contributed by atoms with Crippen LogP contribution in [0.4, 0.5) is 0 Å². The Balaban J connectivity index is 2.11. The molecule has 0 saturated carbocycles. The van der Waals surface area contributed by atoms with Crippen molar-refractivity contribution in [1.82, 2.24) is 20.9 Å². The summed E-state index contributed by atoms with van der Waals surface area (Å²) in [5.41, 5.74) is 0.897. The van der Waals surface area contributed by atoms with Crippen molar-refractivity contribution in [2.24, 2.45) is 0 Å². The van der Waals surface area contributed by atoms with Gasteiger partial charge in [-0.1, -0.05) is 0 Å². The third-order valence-electron chi connectivity index (χ3n) is 1.93. The van der Waals surface area contributed by atoms with Gasteiger partial charge in [0.1, 0.15) is 5.75 Å². The normalized spacial score (nSPS) is 9.81. The van der Waals surface area contributed by atoms with Gasteiger partial charge in [0.15, 0.2) is 5.11 Å². The van der Waals surface area contributed by atoms with Gasteiger partial charge in [0.25, 0.3) is 0 Å². The molecule has 0 aliphatic carbocycles. The van der Waals surface area contributed by atoms with Crippen molar-refractivity contribution in [3.8, 4) is 5.75 Å². The van der Waals surface area contributed by atoms with E-state index in [0.717, 1.165) is 18.8 Å². The lowest BCUT2D eigenvalue weighted by Gasteiger charge is -2.07. The predicted molar refractivity (Wildman–Crippen MR) is 67.3 cm³/mol. The fraction of sp³-hybridized carbons (Fsp3) is 0.400. The Kier molecular flexibility index (Phi) is 5.52. The summed E-state index contributed by atoms with van der Waals surface area (Å²) < 4.78 is 0. The zero-order chi connectivity index (χ0) is 11.8. The minimum Gasteiger partial charge on any atom is -0.506 e. The second kappa shape index (κ2) is 6.97. The minimum atomic E-state index is 0.185. The van der Waals surface area contributed by atoms with Crippen molar-refractivity contribution in [1.29, 1.82) is 0 Å². The zero-order valence-corrected chi connectivity index (χ0v) is 9.97. The Morgan fingerprint density at radius 1 is 1.44 bits per heavy atom. The molecule has 1 rings (SSSR count). The Morgan fingerprint density at radius 3 is 2.88 bits per heavy atom. The maximum absolute atomic E-state index is 9.04. The van der Waals surface area contributed by atoms with Gasteiger partial charge in [0.05, 0.1) is 11.9 Å². The molecule has 0 aromatic carbocycles. The number of aromatic hydroxyl groups is 1. The fourth-order valence-electron chi connectivity index (χ4n) is 1.09. The first-order valence-electron chi connectivity index (χ1n) is 5.02. The second-order valence-electron chi connectivity index (χ2n) is 3.19. The summed E-state index contributed by atoms with van der Waals surface area (Å²) in [6.45, 7) is 2.23. The standard InChI is InChI=1S/C10H16N4OS/c1-11-10(16)13-5-4-12-6-8-2-3-9(15)7-14-8/h2-3,7,12,15H,4-6H2,1H3,(H2,11,13,16). The van der Waals surface area contributed by atoms with Crippen LogP contribution in [0.3, 0.4) is 0 Å². The molecule has 0 amide bonds. The monoisotopic (exact) mass is 240 g/mol. The van der Waals surface area contributed by atoms with Gasteiger partial charge >= 0.3 is 0 Å². The molecule has 4 N–H and O–H groups in total. The van der Waals surface area contributed by atoms with Crippen molar-refractivity contribution >= 4 is 17.3 Å². The number of hydrogen-bond donors (Lipinski definition) is 4. The molecule has 1 aromatic heterocycles. The van der Waals surface area contributed by atoms with Gasteiger partial charge in [-0.3, -0.25) is 4.98 Å². The van der Waals surface area contributed by atoms with E-state index in [-0.39, 0.29) is 5.75 Å². The smallest absolute Gasteiger partial charge is 0.166 e. The summed E-state index contributed by atoms with van der Waals surface area (Å²) in [6, 6.07) is 3.41. The highest BCUT2D eigenvalue weighted by molar-refractivity contribution is 7.80. The predicted octanol–water partition coefficient (Wildman–Crippen LogP) is -0.0293. The Morgan fingerprint density at radius 2 is 2.25 bits per heavy atom. The number of hydrogen-bond acceptors (Lipinski definition) is 4. The molecule has 0 spiro atoms. The third kappa shape index (κ3) is 4.90. The molecule has 16 heavy (non-hydrogen) atoms. The molecule has 0 aliphatic rings. The summed E-state index contributed by atoms with van der Waals surface area (Å²) in [5.74, 6) is 0.185. The SMILES string of the molecule is CNC(=S)NCCNCc1ccc(O)cn1. The number of pyridine rings is 1. The van der Waals surface area contributed by atoms with Crippen molar-refractivity contribution in [3.63, 3.8) is 0 Å². The summed E-state index contributed by atoms with van der Waals surface area (Å²) in [4.78, 5) is 4.06. The van der Waals surface area contributed by atoms with Crippen molar-refractivity contribution < 1.29 is 5.11 Å². The van der Waals surface area contributed by atoms with Crippen molar-refractivity contribution in [2.45, 2.75) is 6.54 Å². The van der Waals surface area contributed by atoms with Crippen LogP contribution in [0, 0.1) is 0 Å². The molecule has 0 saturated heterocycles. The van der Waals surface area contributed by atoms with Gasteiger partial charge in [-0.25, -0.2) is 0 Å². The van der Waals surface area contributed by atoms with Gasteiger partial charge in [-0.05, 0) is 24.4 Å². The van der Waals surface area contributed by atoms with E-state index < -0.39 is 0 Å². The Bertz CT molecular complexity index is 328. The van der Waals surface area contributed by atoms with Crippen LogP contribution in [-0.2, 0) is 6.54 Å². The van der Waals surface area contributed by atoms with Crippen LogP contribution >= 0.6 is 12.2 Å². The topological polar surface area (TPSA) is 69.2 Å². The molecule has 1 heterocycles. The van der Waals surface area contributed by atoms with Gasteiger partial charge in [-0.15, -0.1) is 0 Å². The molecule has 0 unspecified atom stereocenters. The number of aromatic nitrogens is 1. The van der Waals surface area contributed by atoms with Crippen LogP contribution in [0.1, 0.15) is 5.69 Å². The van der Waals surface area contributed by atoms with Crippen molar-refractivity contribution in [3.05, 3.63) is 24.0 Å². The van der Waals surface area contributed by atoms with Gasteiger partial charge < -0.3 is 21.1 Å². The Hall–Kier alpha value is -1.40. The third-order valence-corrected chi connectivity index (χ3v) is 2.28. The van der Waals surface area contributed by atoms with E-state index in [2.05, 4.69) is 20.9 Å². The molecule has 0 radical (unpaired) electrons. The van der Waals surface area contributed by atoms with E-state index in [1.54, 1.807) is 19.2 Å². The maximum atomic E-state index is 9.04. The lowest BCUT2D eigenvalue weighted by Crippen LogP contribution is -2.37. The molecule has 0 atom stereocenters. The van der Waals surface area contributed by atoms with E-state index in [9.17, 15) is 0 Å². The van der Waals surface area contributed by atoms with E-state index in [4.69, 9.17) is 17.3 Å². The van der Waals surface area contributed by atoms with Crippen LogP contribution in [0.25, 0.3) is 0 Å². The van der Waals surface area contributed by atoms with Gasteiger partial charge in [-0.2, -0.15) is 0 Å². The maximum Gasteiger partial charge on any atom is 0.166 e. The quantitative estimate of drug-likeness (QED) is 0.428. The summed E-state index contributed by atoms with van der Waals surface area (Å²) in [7, 11) is 1.78. The largest absolute Gasteiger partial charge is 0.506 e. The molecule has 0 aliphatic heterocycles. The number of rotatable bonds is 5. The first-order valence-corrected chi connectivity index (χ1v) is 5.43. The van der Waals surface area contributed by atoms with Gasteiger partial charge in [0.2, 0.25) is 0 Å². The van der Waals surface area contributed by atoms with Crippen LogP contribution in [0.5, 0.6) is 5.75 Å². The highest BCUT2D eigenvalue weighted by Gasteiger charge is 1.94. The molecule has 1 aromatic rings. The average Bonchev–Trinajstić information content (AvgIpc) is 2.31. The molecular weight excluding hydrogens is 224 g/mol. The lowest BCUT2D eigenvalue weighted by molar-refractivity contribution is 0.471. The highest BCUT2D eigenvalue weighted by atomic mass is 32.1. The summed E-state index contributed by atoms with van der Waals surface area (Å²) >= 11 is 4.92. The van der Waals surface area contributed by atoms with Crippen LogP contribution in [-0.4, -0.2) is 35.3 Å². The number of thiocarbonyl (C=S) groups is 1. The number of nitrogens with zero attached hydrogens (tertiary/aromatic N) is 1. The highest BCUT2D eigenvalue weighted by Crippen LogP contribution is 2.05. The van der Waals surface area contributed by atoms with Crippen molar-refractivity contribution in [2.75, 3.05) is 20.1 Å².